The van der Waals surface area contributed by atoms with Crippen molar-refractivity contribution in [1.82, 2.24) is 20.4 Å². The number of nitrogens with zero attached hydrogens (tertiary/aromatic N) is 6. The van der Waals surface area contributed by atoms with Gasteiger partial charge in [-0.1, -0.05) is 23.4 Å². The molecule has 2 saturated heterocycles. The first-order valence-electron chi connectivity index (χ1n) is 14.2. The van der Waals surface area contributed by atoms with Gasteiger partial charge < -0.3 is 39.8 Å². The number of halogens is 1. The van der Waals surface area contributed by atoms with Crippen molar-refractivity contribution in [3.63, 3.8) is 0 Å². The van der Waals surface area contributed by atoms with Crippen molar-refractivity contribution in [2.24, 2.45) is 0 Å². The molecule has 2 aliphatic heterocycles. The van der Waals surface area contributed by atoms with E-state index in [2.05, 4.69) is 48.7 Å². The molecule has 2 N–H and O–H groups in total. The molecule has 30 heteroatoms. The molecular weight excluding hydrogens is 867 g/mol. The minimum absolute atomic E-state index is 0. The van der Waals surface area contributed by atoms with E-state index in [1.807, 2.05) is 0 Å². The Hall–Kier alpha value is -3.93. The Morgan fingerprint density at radius 1 is 0.745 bits per heavy atom. The number of nitro groups is 4. The number of likely N-dealkylation sites (tertiary alicyclic amines) is 2. The van der Waals surface area contributed by atoms with Crippen molar-refractivity contribution in [3.8, 4) is 0 Å². The molecule has 0 aromatic heterocycles. The van der Waals surface area contributed by atoms with Crippen LogP contribution >= 0.6 is 40.3 Å². The summed E-state index contributed by atoms with van der Waals surface area (Å²) in [6, 6.07) is -1.57. The van der Waals surface area contributed by atoms with E-state index in [0.717, 1.165) is 35.6 Å². The van der Waals surface area contributed by atoms with Gasteiger partial charge in [0.2, 0.25) is 23.6 Å². The molecule has 0 spiro atoms. The van der Waals surface area contributed by atoms with Crippen molar-refractivity contribution in [2.45, 2.75) is 51.6 Å². The molecule has 26 nitrogen and oxygen atoms in total. The maximum atomic E-state index is 11.9. The summed E-state index contributed by atoms with van der Waals surface area (Å²) >= 11 is 7.74. The second-order valence-corrected chi connectivity index (χ2v) is 12.3. The molecule has 0 radical (unpaired) electrons. The van der Waals surface area contributed by atoms with Crippen LogP contribution in [0.2, 0.25) is 0 Å². The number of carbonyl (C=O) groups excluding carboxylic acids is 7. The van der Waals surface area contributed by atoms with Crippen LogP contribution in [-0.4, -0.2) is 157 Å². The van der Waals surface area contributed by atoms with Crippen molar-refractivity contribution in [3.05, 3.63) is 40.5 Å². The summed E-state index contributed by atoms with van der Waals surface area (Å²) in [5.74, 6) is -3.69. The number of carbonyl (C=O) groups is 7. The van der Waals surface area contributed by atoms with Crippen molar-refractivity contribution >= 4 is 81.9 Å². The van der Waals surface area contributed by atoms with Crippen LogP contribution in [0.1, 0.15) is 28.2 Å². The molecule has 2 aliphatic rings. The Morgan fingerprint density at radius 2 is 1.05 bits per heavy atom. The molecule has 2 heterocycles. The summed E-state index contributed by atoms with van der Waals surface area (Å²) in [4.78, 5) is 116. The second-order valence-electron chi connectivity index (χ2n) is 10.4. The van der Waals surface area contributed by atoms with Gasteiger partial charge in [-0.05, 0) is 6.92 Å². The molecule has 0 aliphatic carbocycles. The SMILES string of the molecule is C.CC(=O)[O-].COC(=O)[C@H](CS)NC(C)=O.COC(=O)[C@H](CSCC(=O)N1CC([N+](=O)[O-])([N+](=O)[O-])C1)NC(C)=O.O=C(CBr)N1CC([N+](=O)[O-])([N+](=O)[O-])C1.[Na+]. The van der Waals surface area contributed by atoms with E-state index < -0.39 is 99.0 Å². The second kappa shape index (κ2) is 27.6. The molecule has 0 unspecified atom stereocenters. The van der Waals surface area contributed by atoms with E-state index in [4.69, 9.17) is 9.90 Å². The van der Waals surface area contributed by atoms with E-state index in [-0.39, 0.29) is 71.4 Å². The van der Waals surface area contributed by atoms with Gasteiger partial charge in [0.25, 0.3) is 0 Å². The first-order chi connectivity index (χ1) is 24.4. The summed E-state index contributed by atoms with van der Waals surface area (Å²) in [7, 11) is 2.42. The third kappa shape index (κ3) is 19.0. The molecule has 2 fully saturated rings. The molecule has 308 valence electrons. The molecule has 0 saturated carbocycles. The van der Waals surface area contributed by atoms with Crippen LogP contribution in [0.3, 0.4) is 0 Å². The number of aliphatic carboxylic acids is 1. The smallest absolute Gasteiger partial charge is 0.550 e. The third-order valence-corrected chi connectivity index (χ3v) is 8.24. The van der Waals surface area contributed by atoms with Crippen molar-refractivity contribution in [1.29, 1.82) is 0 Å². The third-order valence-electron chi connectivity index (χ3n) is 6.37. The number of hydrogen-bond donors (Lipinski definition) is 3. The van der Waals surface area contributed by atoms with E-state index >= 15 is 0 Å². The van der Waals surface area contributed by atoms with E-state index in [9.17, 15) is 69.2 Å². The fraction of sp³-hybridized carbons (Fsp3) is 0.720. The molecule has 0 aromatic rings. The van der Waals surface area contributed by atoms with Crippen LogP contribution in [0.15, 0.2) is 0 Å². The quantitative estimate of drug-likeness (QED) is 0.0278. The van der Waals surface area contributed by atoms with Crippen LogP contribution in [0.5, 0.6) is 0 Å². The van der Waals surface area contributed by atoms with Crippen LogP contribution in [0.4, 0.5) is 0 Å². The van der Waals surface area contributed by atoms with Gasteiger partial charge in [0.15, 0.2) is 26.2 Å². The Balaban J connectivity index is -0.000000357. The number of ether oxygens (including phenoxy) is 2. The first-order valence-corrected chi connectivity index (χ1v) is 17.1. The predicted molar refractivity (Wildman–Crippen MR) is 188 cm³/mol. The number of thiol groups is 1. The van der Waals surface area contributed by atoms with Crippen LogP contribution in [0.25, 0.3) is 0 Å². The van der Waals surface area contributed by atoms with E-state index in [1.54, 1.807) is 0 Å². The van der Waals surface area contributed by atoms with Crippen LogP contribution < -0.4 is 45.3 Å². The summed E-state index contributed by atoms with van der Waals surface area (Å²) in [6.45, 7) is 1.41. The molecule has 2 atom stereocenters. The van der Waals surface area contributed by atoms with Gasteiger partial charge in [-0.3, -0.25) is 59.6 Å². The minimum Gasteiger partial charge on any atom is -0.550 e. The fourth-order valence-corrected chi connectivity index (χ4v) is 5.17. The largest absolute Gasteiger partial charge is 1.00 e. The number of nitrogens with one attached hydrogen (secondary N) is 2. The number of hydrogen-bond acceptors (Lipinski definition) is 20. The van der Waals surface area contributed by atoms with Crippen LogP contribution in [0, 0.1) is 40.5 Å². The Morgan fingerprint density at radius 3 is 1.33 bits per heavy atom. The number of carboxylic acids is 1. The number of esters is 2. The monoisotopic (exact) mass is 906 g/mol. The summed E-state index contributed by atoms with van der Waals surface area (Å²) in [6.07, 6.45) is 0. The maximum Gasteiger partial charge on any atom is 1.00 e. The fourth-order valence-electron chi connectivity index (χ4n) is 3.64. The van der Waals surface area contributed by atoms with Crippen molar-refractivity contribution in [2.75, 3.05) is 63.0 Å². The van der Waals surface area contributed by atoms with Gasteiger partial charge in [0.1, 0.15) is 31.8 Å². The van der Waals surface area contributed by atoms with E-state index in [1.165, 1.54) is 21.0 Å². The summed E-state index contributed by atoms with van der Waals surface area (Å²) in [5.41, 5.74) is -4.54. The normalized spacial score (nSPS) is 14.7. The topological polar surface area (TPSA) is 364 Å². The van der Waals surface area contributed by atoms with Gasteiger partial charge in [-0.15, -0.1) is 11.8 Å². The number of rotatable bonds is 14. The molecule has 55 heavy (non-hydrogen) atoms. The van der Waals surface area contributed by atoms with Gasteiger partial charge >= 0.3 is 52.8 Å². The number of thioether (sulfide) groups is 1. The van der Waals surface area contributed by atoms with Gasteiger partial charge in [0.05, 0.1) is 25.3 Å². The van der Waals surface area contributed by atoms with Gasteiger partial charge in [0, 0.05) is 31.3 Å². The zero-order chi connectivity index (χ0) is 41.9. The zero-order valence-corrected chi connectivity index (χ0v) is 34.9. The number of amides is 4. The molecular formula is C25H40BrN8NaO18S2. The van der Waals surface area contributed by atoms with Crippen LogP contribution in [-0.2, 0) is 43.0 Å². The molecule has 0 bridgehead atoms. The Kier molecular flexibility index (Phi) is 29.0. The van der Waals surface area contributed by atoms with Crippen molar-refractivity contribution < 1.29 is 97.4 Å². The zero-order valence-electron chi connectivity index (χ0n) is 29.6. The number of carboxylic acid groups (broad SMARTS) is 1. The van der Waals surface area contributed by atoms with Gasteiger partial charge in [-0.25, -0.2) is 9.59 Å². The average molecular weight is 908 g/mol. The Labute approximate surface area is 352 Å². The summed E-state index contributed by atoms with van der Waals surface area (Å²) in [5, 5.41) is 56.0. The van der Waals surface area contributed by atoms with Gasteiger partial charge in [-0.2, -0.15) is 12.6 Å². The summed E-state index contributed by atoms with van der Waals surface area (Å²) < 4.78 is 8.92. The Bertz CT molecular complexity index is 1380. The standard InChI is InChI=1S/C11H16N4O8S.C6H11NO3S.C5H6BrN3O5.C2H4O2.CH4.Na/c1-7(16)12-8(10(18)23-2)3-24-4-9(17)13-5-11(6-13,14(19)20)15(21)22;1-4(8)7-5(3-11)6(9)10-2;6-1-4(10)7-2-5(3-7,8(11)12)9(13)14;1-2(3)4;;/h8H,3-6H2,1-2H3,(H,12,16);5,11H,3H2,1-2H3,(H,7,8);1-3H2;1H3,(H,3,4);1H4;/q;;;;;+1/p-1/t8-;5-;;;;/m00..../s1. The predicted octanol–water partition coefficient (Wildman–Crippen LogP) is -6.05. The maximum absolute atomic E-state index is 11.9. The molecule has 2 rings (SSSR count). The number of alkyl halides is 1. The number of methoxy groups -OCH3 is 2. The van der Waals surface area contributed by atoms with E-state index in [0.29, 0.717) is 0 Å². The molecule has 4 amide bonds. The first kappa shape index (κ1) is 57.8. The average Bonchev–Trinajstić information content (AvgIpc) is 3.00. The molecule has 0 aromatic carbocycles. The minimum atomic E-state index is -2.34.